The molecule has 2 rings (SSSR count). The van der Waals surface area contributed by atoms with Gasteiger partial charge in [0.2, 0.25) is 5.95 Å². The first-order valence-corrected chi connectivity index (χ1v) is 4.48. The highest BCUT2D eigenvalue weighted by molar-refractivity contribution is 5.34. The summed E-state index contributed by atoms with van der Waals surface area (Å²) < 4.78 is 0. The first-order chi connectivity index (χ1) is 6.81. The lowest BCUT2D eigenvalue weighted by molar-refractivity contribution is 0.424. The van der Waals surface area contributed by atoms with Crippen LogP contribution in [0.25, 0.3) is 0 Å². The molecule has 0 atom stereocenters. The van der Waals surface area contributed by atoms with Crippen molar-refractivity contribution in [2.45, 2.75) is 6.04 Å². The smallest absolute Gasteiger partial charge is 0.226 e. The molecule has 1 aromatic heterocycles. The van der Waals surface area contributed by atoms with E-state index in [0.717, 1.165) is 13.1 Å². The number of nitrogens with one attached hydrogen (secondary N) is 1. The summed E-state index contributed by atoms with van der Waals surface area (Å²) in [5, 5.41) is 11.9. The molecule has 1 aliphatic rings. The summed E-state index contributed by atoms with van der Waals surface area (Å²) in [5.74, 6) is 0.621. The molecule has 5 heteroatoms. The van der Waals surface area contributed by atoms with Crippen LogP contribution < -0.4 is 10.2 Å². The van der Waals surface area contributed by atoms with E-state index >= 15 is 0 Å². The number of hydrogen-bond acceptors (Lipinski definition) is 5. The largest absolute Gasteiger partial charge is 0.338 e. The second-order valence-corrected chi connectivity index (χ2v) is 3.28. The number of aromatic nitrogens is 2. The Morgan fingerprint density at radius 3 is 3.00 bits per heavy atom. The minimum absolute atomic E-state index is 0.411. The number of hydrogen-bond donors (Lipinski definition) is 1. The number of nitrogens with zero attached hydrogens (tertiary/aromatic N) is 4. The van der Waals surface area contributed by atoms with Gasteiger partial charge in [-0.15, -0.1) is 0 Å². The van der Waals surface area contributed by atoms with E-state index in [1.807, 2.05) is 18.0 Å². The van der Waals surface area contributed by atoms with Crippen molar-refractivity contribution in [3.05, 3.63) is 18.0 Å². The molecule has 0 aromatic carbocycles. The van der Waals surface area contributed by atoms with Gasteiger partial charge in [-0.3, -0.25) is 0 Å². The summed E-state index contributed by atoms with van der Waals surface area (Å²) in [5.41, 5.74) is 0.411. The van der Waals surface area contributed by atoms with Crippen LogP contribution in [-0.4, -0.2) is 36.1 Å². The molecule has 0 unspecified atom stereocenters. The molecule has 2 heterocycles. The molecule has 72 valence electrons. The van der Waals surface area contributed by atoms with E-state index < -0.39 is 0 Å². The van der Waals surface area contributed by atoms with E-state index in [9.17, 15) is 0 Å². The fraction of sp³-hybridized carbons (Fsp3) is 0.444. The number of anilines is 1. The van der Waals surface area contributed by atoms with Gasteiger partial charge in [-0.1, -0.05) is 0 Å². The molecule has 1 saturated heterocycles. The zero-order valence-electron chi connectivity index (χ0n) is 7.94. The minimum Gasteiger partial charge on any atom is -0.338 e. The third kappa shape index (κ3) is 1.52. The van der Waals surface area contributed by atoms with Crippen LogP contribution in [0.3, 0.4) is 0 Å². The topological polar surface area (TPSA) is 64.8 Å². The highest BCUT2D eigenvalue weighted by Gasteiger charge is 2.23. The molecule has 0 saturated carbocycles. The molecule has 1 aromatic rings. The SMILES string of the molecule is CN(c1nccc(C#N)n1)C1CNC1. The van der Waals surface area contributed by atoms with E-state index in [-0.39, 0.29) is 0 Å². The van der Waals surface area contributed by atoms with Gasteiger partial charge >= 0.3 is 0 Å². The zero-order chi connectivity index (χ0) is 9.97. The highest BCUT2D eigenvalue weighted by Crippen LogP contribution is 2.11. The van der Waals surface area contributed by atoms with Crippen LogP contribution in [-0.2, 0) is 0 Å². The van der Waals surface area contributed by atoms with E-state index in [0.29, 0.717) is 17.7 Å². The average Bonchev–Trinajstić information content (AvgIpc) is 2.15. The van der Waals surface area contributed by atoms with Crippen molar-refractivity contribution in [3.8, 4) is 6.07 Å². The molecule has 0 radical (unpaired) electrons. The zero-order valence-corrected chi connectivity index (χ0v) is 7.94. The molecule has 14 heavy (non-hydrogen) atoms. The van der Waals surface area contributed by atoms with Gasteiger partial charge in [0.15, 0.2) is 0 Å². The van der Waals surface area contributed by atoms with Gasteiger partial charge in [0, 0.05) is 26.3 Å². The van der Waals surface area contributed by atoms with Crippen LogP contribution >= 0.6 is 0 Å². The summed E-state index contributed by atoms with van der Waals surface area (Å²) in [7, 11) is 1.95. The lowest BCUT2D eigenvalue weighted by Gasteiger charge is -2.35. The van der Waals surface area contributed by atoms with Crippen LogP contribution in [0.1, 0.15) is 5.69 Å². The Kier molecular flexibility index (Phi) is 2.29. The van der Waals surface area contributed by atoms with E-state index in [1.54, 1.807) is 12.3 Å². The molecule has 0 spiro atoms. The fourth-order valence-electron chi connectivity index (χ4n) is 1.29. The standard InChI is InChI=1S/C9H11N5/c1-14(8-5-11-6-8)9-12-3-2-7(4-10)13-9/h2-3,8,11H,5-6H2,1H3. The molecule has 1 N–H and O–H groups in total. The highest BCUT2D eigenvalue weighted by atomic mass is 15.3. The van der Waals surface area contributed by atoms with Crippen LogP contribution in [0.2, 0.25) is 0 Å². The molecule has 0 bridgehead atoms. The van der Waals surface area contributed by atoms with Gasteiger partial charge in [0.25, 0.3) is 0 Å². The summed E-state index contributed by atoms with van der Waals surface area (Å²) >= 11 is 0. The van der Waals surface area contributed by atoms with Gasteiger partial charge in [-0.2, -0.15) is 5.26 Å². The molecule has 5 nitrogen and oxygen atoms in total. The minimum atomic E-state index is 0.411. The van der Waals surface area contributed by atoms with Crippen molar-refractivity contribution in [1.82, 2.24) is 15.3 Å². The summed E-state index contributed by atoms with van der Waals surface area (Å²) in [6.45, 7) is 1.91. The number of rotatable bonds is 2. The van der Waals surface area contributed by atoms with Gasteiger partial charge in [0.1, 0.15) is 11.8 Å². The Bertz CT molecular complexity index is 366. The van der Waals surface area contributed by atoms with Gasteiger partial charge < -0.3 is 10.2 Å². The summed E-state index contributed by atoms with van der Waals surface area (Å²) in [6, 6.07) is 4.06. The Hall–Kier alpha value is -1.67. The van der Waals surface area contributed by atoms with Crippen molar-refractivity contribution in [2.75, 3.05) is 25.0 Å². The van der Waals surface area contributed by atoms with Crippen LogP contribution in [0.4, 0.5) is 5.95 Å². The third-order valence-electron chi connectivity index (χ3n) is 2.38. The second kappa shape index (κ2) is 3.60. The van der Waals surface area contributed by atoms with E-state index in [4.69, 9.17) is 5.26 Å². The maximum Gasteiger partial charge on any atom is 0.226 e. The van der Waals surface area contributed by atoms with Crippen LogP contribution in [0.15, 0.2) is 12.3 Å². The van der Waals surface area contributed by atoms with Crippen molar-refractivity contribution in [2.24, 2.45) is 0 Å². The van der Waals surface area contributed by atoms with Gasteiger partial charge in [-0.05, 0) is 6.07 Å². The van der Waals surface area contributed by atoms with Gasteiger partial charge in [0.05, 0.1) is 6.04 Å². The average molecular weight is 189 g/mol. The predicted molar refractivity (Wildman–Crippen MR) is 51.8 cm³/mol. The van der Waals surface area contributed by atoms with E-state index in [1.165, 1.54) is 0 Å². The lowest BCUT2D eigenvalue weighted by Crippen LogP contribution is -2.56. The monoisotopic (exact) mass is 189 g/mol. The first-order valence-electron chi connectivity index (χ1n) is 4.48. The molecule has 1 fully saturated rings. The van der Waals surface area contributed by atoms with Gasteiger partial charge in [-0.25, -0.2) is 9.97 Å². The maximum atomic E-state index is 8.68. The van der Waals surface area contributed by atoms with E-state index in [2.05, 4.69) is 15.3 Å². The Morgan fingerprint density at radius 2 is 2.43 bits per heavy atom. The number of likely N-dealkylation sites (N-methyl/N-ethyl adjacent to an activating group) is 1. The predicted octanol–water partition coefficient (Wildman–Crippen LogP) is -0.244. The van der Waals surface area contributed by atoms with Crippen molar-refractivity contribution in [1.29, 1.82) is 5.26 Å². The third-order valence-corrected chi connectivity index (χ3v) is 2.38. The summed E-state index contributed by atoms with van der Waals surface area (Å²) in [6.07, 6.45) is 1.61. The molecule has 1 aliphatic heterocycles. The van der Waals surface area contributed by atoms with Crippen LogP contribution in [0, 0.1) is 11.3 Å². The summed E-state index contributed by atoms with van der Waals surface area (Å²) in [4.78, 5) is 10.2. The molecule has 0 amide bonds. The number of nitriles is 1. The Morgan fingerprint density at radius 1 is 1.64 bits per heavy atom. The Balaban J connectivity index is 2.18. The van der Waals surface area contributed by atoms with Crippen molar-refractivity contribution >= 4 is 5.95 Å². The maximum absolute atomic E-state index is 8.68. The molecular formula is C9H11N5. The van der Waals surface area contributed by atoms with Crippen LogP contribution in [0.5, 0.6) is 0 Å². The Labute approximate surface area is 82.4 Å². The lowest BCUT2D eigenvalue weighted by atomic mass is 10.1. The second-order valence-electron chi connectivity index (χ2n) is 3.28. The van der Waals surface area contributed by atoms with Crippen molar-refractivity contribution < 1.29 is 0 Å². The molecule has 0 aliphatic carbocycles. The van der Waals surface area contributed by atoms with Crippen molar-refractivity contribution in [3.63, 3.8) is 0 Å². The fourth-order valence-corrected chi connectivity index (χ4v) is 1.29. The quantitative estimate of drug-likeness (QED) is 0.695. The normalized spacial score (nSPS) is 15.7. The first kappa shape index (κ1) is 8.91. The molecular weight excluding hydrogens is 178 g/mol.